The van der Waals surface area contributed by atoms with Gasteiger partial charge < -0.3 is 4.90 Å². The van der Waals surface area contributed by atoms with Crippen LogP contribution < -0.4 is 0 Å². The summed E-state index contributed by atoms with van der Waals surface area (Å²) < 4.78 is 27.6. The number of carbonyl (C=O) groups is 1. The van der Waals surface area contributed by atoms with Gasteiger partial charge in [-0.3, -0.25) is 4.79 Å². The number of hydrogen-bond acceptors (Lipinski definition) is 4. The maximum atomic E-state index is 13.1. The van der Waals surface area contributed by atoms with Gasteiger partial charge >= 0.3 is 0 Å². The highest BCUT2D eigenvalue weighted by molar-refractivity contribution is 8.00. The molecule has 1 aliphatic carbocycles. The first-order valence-corrected chi connectivity index (χ1v) is 10.9. The quantitative estimate of drug-likeness (QED) is 0.823. The molecule has 0 unspecified atom stereocenters. The SMILES string of the molecule is CN(C(=O)[C@H]1CSCN1S(=O)(=O)c1ccc2ccccc2c1)C1CC1. The molecule has 132 valence electrons. The minimum Gasteiger partial charge on any atom is -0.341 e. The van der Waals surface area contributed by atoms with Crippen LogP contribution in [0.3, 0.4) is 0 Å². The average molecular weight is 377 g/mol. The van der Waals surface area contributed by atoms with E-state index in [1.165, 1.54) is 16.1 Å². The third-order valence-electron chi connectivity index (χ3n) is 4.90. The molecule has 1 atom stereocenters. The number of fused-ring (bicyclic) bond motifs is 1. The number of likely N-dealkylation sites (N-methyl/N-ethyl adjacent to an activating group) is 1. The lowest BCUT2D eigenvalue weighted by Crippen LogP contribution is -2.48. The van der Waals surface area contributed by atoms with E-state index in [9.17, 15) is 13.2 Å². The number of sulfonamides is 1. The maximum Gasteiger partial charge on any atom is 0.244 e. The van der Waals surface area contributed by atoms with Crippen molar-refractivity contribution in [2.45, 2.75) is 29.8 Å². The van der Waals surface area contributed by atoms with Gasteiger partial charge in [-0.2, -0.15) is 4.31 Å². The third kappa shape index (κ3) is 3.05. The van der Waals surface area contributed by atoms with Crippen molar-refractivity contribution in [1.82, 2.24) is 9.21 Å². The highest BCUT2D eigenvalue weighted by atomic mass is 32.2. The Bertz CT molecular complexity index is 925. The standard InChI is InChI=1S/C18H20N2O3S2/c1-19(15-7-8-15)18(21)17-11-24-12-20(17)25(22,23)16-9-6-13-4-2-3-5-14(13)10-16/h2-6,9-10,15,17H,7-8,11-12H2,1H3/t17-/m1/s1. The molecular formula is C18H20N2O3S2. The molecule has 4 rings (SSSR count). The summed E-state index contributed by atoms with van der Waals surface area (Å²) in [6, 6.07) is 12.5. The van der Waals surface area contributed by atoms with E-state index >= 15 is 0 Å². The summed E-state index contributed by atoms with van der Waals surface area (Å²) >= 11 is 1.49. The molecule has 0 bridgehead atoms. The van der Waals surface area contributed by atoms with E-state index in [2.05, 4.69) is 0 Å². The first-order chi connectivity index (χ1) is 12.0. The molecule has 1 heterocycles. The summed E-state index contributed by atoms with van der Waals surface area (Å²) in [7, 11) is -1.92. The average Bonchev–Trinajstić information content (AvgIpc) is 3.35. The monoisotopic (exact) mass is 376 g/mol. The molecule has 7 heteroatoms. The number of carbonyl (C=O) groups excluding carboxylic acids is 1. The molecule has 2 aromatic rings. The molecule has 0 radical (unpaired) electrons. The second-order valence-corrected chi connectivity index (χ2v) is 9.49. The van der Waals surface area contributed by atoms with E-state index in [4.69, 9.17) is 0 Å². The van der Waals surface area contributed by atoms with Gasteiger partial charge in [0.15, 0.2) is 0 Å². The van der Waals surface area contributed by atoms with Crippen LogP contribution in [0.4, 0.5) is 0 Å². The van der Waals surface area contributed by atoms with E-state index < -0.39 is 16.1 Å². The number of amides is 1. The third-order valence-corrected chi connectivity index (χ3v) is 7.92. The van der Waals surface area contributed by atoms with Gasteiger partial charge in [0.2, 0.25) is 15.9 Å². The Morgan fingerprint density at radius 3 is 2.60 bits per heavy atom. The first-order valence-electron chi connectivity index (χ1n) is 8.33. The fourth-order valence-electron chi connectivity index (χ4n) is 3.20. The van der Waals surface area contributed by atoms with Gasteiger partial charge in [-0.1, -0.05) is 30.3 Å². The summed E-state index contributed by atoms with van der Waals surface area (Å²) in [5.41, 5.74) is 0. The predicted octanol–water partition coefficient (Wildman–Crippen LogP) is 2.52. The molecule has 1 saturated carbocycles. The largest absolute Gasteiger partial charge is 0.341 e. The highest BCUT2D eigenvalue weighted by Crippen LogP contribution is 2.33. The Morgan fingerprint density at radius 2 is 1.88 bits per heavy atom. The van der Waals surface area contributed by atoms with Gasteiger partial charge in [0.05, 0.1) is 10.8 Å². The van der Waals surface area contributed by atoms with Crippen molar-refractivity contribution in [3.8, 4) is 0 Å². The van der Waals surface area contributed by atoms with E-state index in [0.29, 0.717) is 11.6 Å². The second-order valence-electron chi connectivity index (χ2n) is 6.60. The zero-order valence-corrected chi connectivity index (χ0v) is 15.6. The van der Waals surface area contributed by atoms with Crippen LogP contribution >= 0.6 is 11.8 Å². The van der Waals surface area contributed by atoms with Gasteiger partial charge in [0.1, 0.15) is 6.04 Å². The number of thioether (sulfide) groups is 1. The lowest BCUT2D eigenvalue weighted by molar-refractivity contribution is -0.133. The fourth-order valence-corrected chi connectivity index (χ4v) is 6.37. The van der Waals surface area contributed by atoms with Crippen LogP contribution in [0.25, 0.3) is 10.8 Å². The maximum absolute atomic E-state index is 13.1. The van der Waals surface area contributed by atoms with Crippen LogP contribution in [0.1, 0.15) is 12.8 Å². The predicted molar refractivity (Wildman–Crippen MR) is 99.9 cm³/mol. The zero-order chi connectivity index (χ0) is 17.6. The molecule has 1 amide bonds. The molecule has 0 N–H and O–H groups in total. The van der Waals surface area contributed by atoms with Gasteiger partial charge in [-0.15, -0.1) is 11.8 Å². The number of benzene rings is 2. The molecule has 2 aromatic carbocycles. The van der Waals surface area contributed by atoms with Gasteiger partial charge in [-0.05, 0) is 35.7 Å². The molecule has 1 aliphatic heterocycles. The number of rotatable bonds is 4. The Morgan fingerprint density at radius 1 is 1.16 bits per heavy atom. The van der Waals surface area contributed by atoms with Gasteiger partial charge in [0, 0.05) is 18.8 Å². The molecule has 0 spiro atoms. The van der Waals surface area contributed by atoms with E-state index in [1.807, 2.05) is 30.3 Å². The molecule has 25 heavy (non-hydrogen) atoms. The van der Waals surface area contributed by atoms with E-state index in [1.54, 1.807) is 24.1 Å². The lowest BCUT2D eigenvalue weighted by atomic mass is 10.1. The minimum absolute atomic E-state index is 0.0862. The van der Waals surface area contributed by atoms with Crippen molar-refractivity contribution in [2.24, 2.45) is 0 Å². The number of nitrogens with zero attached hydrogens (tertiary/aromatic N) is 2. The normalized spacial score (nSPS) is 21.6. The molecule has 5 nitrogen and oxygen atoms in total. The van der Waals surface area contributed by atoms with Crippen molar-refractivity contribution >= 4 is 38.5 Å². The van der Waals surface area contributed by atoms with Crippen LogP contribution in [0.5, 0.6) is 0 Å². The van der Waals surface area contributed by atoms with E-state index in [-0.39, 0.29) is 16.8 Å². The minimum atomic E-state index is -3.70. The molecule has 2 fully saturated rings. The van der Waals surface area contributed by atoms with Crippen LogP contribution in [-0.4, -0.2) is 54.3 Å². The topological polar surface area (TPSA) is 57.7 Å². The summed E-state index contributed by atoms with van der Waals surface area (Å²) in [5.74, 6) is 0.754. The second kappa shape index (κ2) is 6.30. The lowest BCUT2D eigenvalue weighted by Gasteiger charge is -2.27. The summed E-state index contributed by atoms with van der Waals surface area (Å²) in [4.78, 5) is 14.7. The fraction of sp³-hybridized carbons (Fsp3) is 0.389. The Labute approximate surface area is 152 Å². The molecule has 0 aromatic heterocycles. The van der Waals surface area contributed by atoms with Crippen molar-refractivity contribution in [2.75, 3.05) is 18.7 Å². The van der Waals surface area contributed by atoms with Crippen LogP contribution in [-0.2, 0) is 14.8 Å². The summed E-state index contributed by atoms with van der Waals surface area (Å²) in [5, 5.41) is 1.88. The molecule has 2 aliphatic rings. The van der Waals surface area contributed by atoms with Gasteiger partial charge in [-0.25, -0.2) is 8.42 Å². The van der Waals surface area contributed by atoms with Crippen LogP contribution in [0, 0.1) is 0 Å². The smallest absolute Gasteiger partial charge is 0.244 e. The van der Waals surface area contributed by atoms with Crippen LogP contribution in [0.15, 0.2) is 47.4 Å². The van der Waals surface area contributed by atoms with Crippen molar-refractivity contribution in [3.63, 3.8) is 0 Å². The van der Waals surface area contributed by atoms with Crippen molar-refractivity contribution in [3.05, 3.63) is 42.5 Å². The Balaban J connectivity index is 1.66. The van der Waals surface area contributed by atoms with Gasteiger partial charge in [0.25, 0.3) is 0 Å². The Hall–Kier alpha value is -1.57. The zero-order valence-electron chi connectivity index (χ0n) is 14.0. The highest BCUT2D eigenvalue weighted by Gasteiger charge is 2.43. The first kappa shape index (κ1) is 16.9. The summed E-state index contributed by atoms with van der Waals surface area (Å²) in [6.07, 6.45) is 2.03. The summed E-state index contributed by atoms with van der Waals surface area (Å²) in [6.45, 7) is 0. The van der Waals surface area contributed by atoms with Crippen molar-refractivity contribution in [1.29, 1.82) is 0 Å². The van der Waals surface area contributed by atoms with Crippen LogP contribution in [0.2, 0.25) is 0 Å². The van der Waals surface area contributed by atoms with Crippen molar-refractivity contribution < 1.29 is 13.2 Å². The molecular weight excluding hydrogens is 356 g/mol. The number of hydrogen-bond donors (Lipinski definition) is 0. The Kier molecular flexibility index (Phi) is 4.25. The van der Waals surface area contributed by atoms with E-state index in [0.717, 1.165) is 23.6 Å². The molecule has 1 saturated heterocycles.